The lowest BCUT2D eigenvalue weighted by Crippen LogP contribution is -2.05. The normalized spacial score (nSPS) is 10.1. The van der Waals surface area contributed by atoms with Gasteiger partial charge in [-0.05, 0) is 18.1 Å². The van der Waals surface area contributed by atoms with E-state index in [0.717, 1.165) is 16.7 Å². The fourth-order valence-electron chi connectivity index (χ4n) is 1.49. The standard InChI is InChI=1S/C15H14O3/c1-11(2)13-5-3-12(4-6-13)9-18-15-10-17-8-7-14(15)16/h3-8,10H,1,9H2,2H3. The molecule has 0 radical (unpaired) electrons. The number of allylic oxidation sites excluding steroid dienone is 1. The minimum atomic E-state index is -0.181. The van der Waals surface area contributed by atoms with Crippen molar-refractivity contribution >= 4 is 5.57 Å². The van der Waals surface area contributed by atoms with Crippen LogP contribution in [-0.4, -0.2) is 0 Å². The summed E-state index contributed by atoms with van der Waals surface area (Å²) in [6, 6.07) is 9.20. The molecule has 2 aromatic rings. The summed E-state index contributed by atoms with van der Waals surface area (Å²) in [6.07, 6.45) is 2.64. The average molecular weight is 242 g/mol. The second-order valence-electron chi connectivity index (χ2n) is 4.05. The summed E-state index contributed by atoms with van der Waals surface area (Å²) in [7, 11) is 0. The van der Waals surface area contributed by atoms with Gasteiger partial charge in [0.1, 0.15) is 12.9 Å². The fraction of sp³-hybridized carbons (Fsp3) is 0.133. The predicted octanol–water partition coefficient (Wildman–Crippen LogP) is 3.25. The van der Waals surface area contributed by atoms with Gasteiger partial charge in [-0.2, -0.15) is 0 Å². The molecule has 0 spiro atoms. The maximum atomic E-state index is 11.4. The molecule has 2 rings (SSSR count). The molecule has 3 heteroatoms. The predicted molar refractivity (Wildman–Crippen MR) is 70.5 cm³/mol. The van der Waals surface area contributed by atoms with Crippen molar-refractivity contribution in [2.45, 2.75) is 13.5 Å². The van der Waals surface area contributed by atoms with E-state index < -0.39 is 0 Å². The quantitative estimate of drug-likeness (QED) is 0.826. The third-order valence-corrected chi connectivity index (χ3v) is 2.56. The number of ether oxygens (including phenoxy) is 1. The van der Waals surface area contributed by atoms with Gasteiger partial charge in [-0.15, -0.1) is 0 Å². The molecule has 1 aromatic heterocycles. The number of hydrogen-bond acceptors (Lipinski definition) is 3. The van der Waals surface area contributed by atoms with Crippen molar-refractivity contribution in [3.8, 4) is 5.75 Å². The number of benzene rings is 1. The van der Waals surface area contributed by atoms with E-state index in [-0.39, 0.29) is 11.2 Å². The molecule has 18 heavy (non-hydrogen) atoms. The molecule has 1 aromatic carbocycles. The highest BCUT2D eigenvalue weighted by molar-refractivity contribution is 5.61. The molecule has 0 aliphatic carbocycles. The second kappa shape index (κ2) is 5.36. The Bertz CT molecular complexity index is 594. The van der Waals surface area contributed by atoms with Crippen molar-refractivity contribution < 1.29 is 9.15 Å². The molecule has 92 valence electrons. The summed E-state index contributed by atoms with van der Waals surface area (Å²) >= 11 is 0. The minimum Gasteiger partial charge on any atom is -0.482 e. The monoisotopic (exact) mass is 242 g/mol. The van der Waals surface area contributed by atoms with Crippen molar-refractivity contribution in [3.63, 3.8) is 0 Å². The summed E-state index contributed by atoms with van der Waals surface area (Å²) in [5.41, 5.74) is 2.92. The SMILES string of the molecule is C=C(C)c1ccc(COc2coccc2=O)cc1. The van der Waals surface area contributed by atoms with Crippen LogP contribution in [0.1, 0.15) is 18.1 Å². The van der Waals surface area contributed by atoms with Crippen LogP contribution >= 0.6 is 0 Å². The Hall–Kier alpha value is -2.29. The average Bonchev–Trinajstić information content (AvgIpc) is 2.38. The molecule has 3 nitrogen and oxygen atoms in total. The van der Waals surface area contributed by atoms with Crippen LogP contribution in [0.15, 0.2) is 58.6 Å². The lowest BCUT2D eigenvalue weighted by atomic mass is 10.1. The van der Waals surface area contributed by atoms with Crippen LogP contribution in [0, 0.1) is 0 Å². The number of hydrogen-bond donors (Lipinski definition) is 0. The molecule has 0 saturated heterocycles. The third-order valence-electron chi connectivity index (χ3n) is 2.56. The van der Waals surface area contributed by atoms with Crippen LogP contribution in [-0.2, 0) is 6.61 Å². The van der Waals surface area contributed by atoms with Crippen LogP contribution in [0.25, 0.3) is 5.57 Å². The van der Waals surface area contributed by atoms with E-state index in [9.17, 15) is 4.79 Å². The Kier molecular flexibility index (Phi) is 3.63. The van der Waals surface area contributed by atoms with Gasteiger partial charge in [-0.25, -0.2) is 0 Å². The maximum Gasteiger partial charge on any atom is 0.226 e. The van der Waals surface area contributed by atoms with Gasteiger partial charge in [0.25, 0.3) is 0 Å². The molecule has 0 amide bonds. The van der Waals surface area contributed by atoms with Gasteiger partial charge < -0.3 is 9.15 Å². The van der Waals surface area contributed by atoms with Gasteiger partial charge in [0.05, 0.1) is 6.26 Å². The Morgan fingerprint density at radius 1 is 1.28 bits per heavy atom. The molecule has 0 N–H and O–H groups in total. The van der Waals surface area contributed by atoms with Gasteiger partial charge in [-0.1, -0.05) is 36.4 Å². The molecule has 0 aliphatic rings. The largest absolute Gasteiger partial charge is 0.482 e. The lowest BCUT2D eigenvalue weighted by molar-refractivity contribution is 0.292. The first kappa shape index (κ1) is 12.2. The highest BCUT2D eigenvalue weighted by Crippen LogP contribution is 2.13. The van der Waals surface area contributed by atoms with Crippen molar-refractivity contribution in [1.29, 1.82) is 0 Å². The van der Waals surface area contributed by atoms with Gasteiger partial charge >= 0.3 is 0 Å². The smallest absolute Gasteiger partial charge is 0.226 e. The van der Waals surface area contributed by atoms with E-state index in [1.165, 1.54) is 18.6 Å². The van der Waals surface area contributed by atoms with E-state index in [0.29, 0.717) is 6.61 Å². The zero-order valence-corrected chi connectivity index (χ0v) is 10.2. The first-order chi connectivity index (χ1) is 8.66. The van der Waals surface area contributed by atoms with Crippen LogP contribution < -0.4 is 10.2 Å². The van der Waals surface area contributed by atoms with Crippen LogP contribution in [0.2, 0.25) is 0 Å². The highest BCUT2D eigenvalue weighted by Gasteiger charge is 2.01. The van der Waals surface area contributed by atoms with Crippen molar-refractivity contribution in [1.82, 2.24) is 0 Å². The van der Waals surface area contributed by atoms with Gasteiger partial charge in [0.2, 0.25) is 11.2 Å². The van der Waals surface area contributed by atoms with E-state index in [4.69, 9.17) is 9.15 Å². The molecule has 0 fully saturated rings. The molecular formula is C15H14O3. The van der Waals surface area contributed by atoms with Crippen molar-refractivity contribution in [2.75, 3.05) is 0 Å². The zero-order chi connectivity index (χ0) is 13.0. The van der Waals surface area contributed by atoms with Crippen LogP contribution in [0.4, 0.5) is 0 Å². The third kappa shape index (κ3) is 2.88. The summed E-state index contributed by atoms with van der Waals surface area (Å²) in [6.45, 7) is 6.17. The van der Waals surface area contributed by atoms with E-state index in [1.54, 1.807) is 0 Å². The minimum absolute atomic E-state index is 0.181. The van der Waals surface area contributed by atoms with Crippen LogP contribution in [0.5, 0.6) is 5.75 Å². The van der Waals surface area contributed by atoms with Gasteiger partial charge in [0.15, 0.2) is 0 Å². The fourth-order valence-corrected chi connectivity index (χ4v) is 1.49. The number of rotatable bonds is 4. The van der Waals surface area contributed by atoms with Gasteiger partial charge in [-0.3, -0.25) is 4.79 Å². The molecule has 0 saturated carbocycles. The van der Waals surface area contributed by atoms with Crippen LogP contribution in [0.3, 0.4) is 0 Å². The maximum absolute atomic E-state index is 11.4. The lowest BCUT2D eigenvalue weighted by Gasteiger charge is -2.05. The molecule has 0 atom stereocenters. The summed E-state index contributed by atoms with van der Waals surface area (Å²) in [5.74, 6) is 0.224. The van der Waals surface area contributed by atoms with Crippen molar-refractivity contribution in [3.05, 3.63) is 70.8 Å². The van der Waals surface area contributed by atoms with E-state index in [2.05, 4.69) is 6.58 Å². The molecule has 0 aliphatic heterocycles. The zero-order valence-electron chi connectivity index (χ0n) is 10.2. The molecule has 0 bridgehead atoms. The second-order valence-corrected chi connectivity index (χ2v) is 4.05. The van der Waals surface area contributed by atoms with Gasteiger partial charge in [0, 0.05) is 6.07 Å². The topological polar surface area (TPSA) is 39.4 Å². The molecule has 0 unspecified atom stereocenters. The molecular weight excluding hydrogens is 228 g/mol. The highest BCUT2D eigenvalue weighted by atomic mass is 16.5. The molecule has 1 heterocycles. The Morgan fingerprint density at radius 2 is 2.00 bits per heavy atom. The summed E-state index contributed by atoms with van der Waals surface area (Å²) < 4.78 is 10.3. The van der Waals surface area contributed by atoms with Crippen molar-refractivity contribution in [2.24, 2.45) is 0 Å². The first-order valence-corrected chi connectivity index (χ1v) is 5.61. The summed E-state index contributed by atoms with van der Waals surface area (Å²) in [4.78, 5) is 11.4. The Balaban J connectivity index is 2.05. The Labute approximate surface area is 105 Å². The summed E-state index contributed by atoms with van der Waals surface area (Å²) in [5, 5.41) is 0. The van der Waals surface area contributed by atoms with E-state index in [1.807, 2.05) is 31.2 Å². The first-order valence-electron chi connectivity index (χ1n) is 5.61. The van der Waals surface area contributed by atoms with E-state index >= 15 is 0 Å². The Morgan fingerprint density at radius 3 is 2.61 bits per heavy atom.